The average molecular weight is 366 g/mol. The molecule has 1 amide bonds. The van der Waals surface area contributed by atoms with Gasteiger partial charge in [0.25, 0.3) is 0 Å². The molecule has 2 fully saturated rings. The molecule has 150 valence electrons. The summed E-state index contributed by atoms with van der Waals surface area (Å²) in [7, 11) is 5.60. The van der Waals surface area contributed by atoms with Crippen molar-refractivity contribution < 1.29 is 4.79 Å². The topological polar surface area (TPSA) is 51.2 Å². The number of amides is 1. The lowest BCUT2D eigenvalue weighted by Crippen LogP contribution is -2.50. The Labute approximate surface area is 160 Å². The van der Waals surface area contributed by atoms with Crippen LogP contribution in [0.3, 0.4) is 0 Å². The lowest BCUT2D eigenvalue weighted by molar-refractivity contribution is -0.138. The molecule has 0 aromatic heterocycles. The summed E-state index contributed by atoms with van der Waals surface area (Å²) in [6, 6.07) is 0. The first-order valence-corrected chi connectivity index (χ1v) is 10.4. The van der Waals surface area contributed by atoms with Gasteiger partial charge in [-0.1, -0.05) is 26.7 Å². The van der Waals surface area contributed by atoms with Crippen molar-refractivity contribution in [3.8, 4) is 0 Å². The van der Waals surface area contributed by atoms with Crippen LogP contribution < -0.4 is 5.32 Å². The van der Waals surface area contributed by atoms with Crippen molar-refractivity contribution in [3.05, 3.63) is 0 Å². The fourth-order valence-corrected chi connectivity index (χ4v) is 4.59. The van der Waals surface area contributed by atoms with Crippen LogP contribution in [0.2, 0.25) is 0 Å². The van der Waals surface area contributed by atoms with E-state index in [0.717, 1.165) is 57.8 Å². The summed E-state index contributed by atoms with van der Waals surface area (Å²) >= 11 is 0. The molecule has 1 unspecified atom stereocenters. The van der Waals surface area contributed by atoms with Crippen LogP contribution in [0.1, 0.15) is 46.0 Å². The molecule has 1 aliphatic carbocycles. The third-order valence-electron chi connectivity index (χ3n) is 6.21. The van der Waals surface area contributed by atoms with Gasteiger partial charge in [0.15, 0.2) is 5.96 Å². The first-order chi connectivity index (χ1) is 12.5. The molecule has 1 saturated carbocycles. The minimum absolute atomic E-state index is 0.250. The molecule has 1 aliphatic heterocycles. The maximum atomic E-state index is 12.8. The first-order valence-electron chi connectivity index (χ1n) is 10.4. The van der Waals surface area contributed by atoms with Gasteiger partial charge >= 0.3 is 0 Å². The van der Waals surface area contributed by atoms with E-state index in [2.05, 4.69) is 34.0 Å². The van der Waals surface area contributed by atoms with E-state index in [1.165, 1.54) is 13.0 Å². The summed E-state index contributed by atoms with van der Waals surface area (Å²) in [6.45, 7) is 10.7. The minimum Gasteiger partial charge on any atom is -0.355 e. The first kappa shape index (κ1) is 21.0. The normalized spacial score (nSPS) is 22.9. The third kappa shape index (κ3) is 4.90. The summed E-state index contributed by atoms with van der Waals surface area (Å²) < 4.78 is 0. The molecule has 2 aliphatic rings. The fraction of sp³-hybridized carbons (Fsp3) is 0.900. The lowest BCUT2D eigenvalue weighted by Gasteiger charge is -2.32. The highest BCUT2D eigenvalue weighted by atomic mass is 16.2. The Bertz CT molecular complexity index is 481. The van der Waals surface area contributed by atoms with Crippen LogP contribution in [0.25, 0.3) is 0 Å². The molecule has 0 spiro atoms. The van der Waals surface area contributed by atoms with Crippen LogP contribution in [-0.2, 0) is 4.79 Å². The summed E-state index contributed by atoms with van der Waals surface area (Å²) in [5, 5.41) is 3.55. The molecule has 6 heteroatoms. The van der Waals surface area contributed by atoms with Crippen molar-refractivity contribution in [2.45, 2.75) is 46.0 Å². The van der Waals surface area contributed by atoms with E-state index < -0.39 is 0 Å². The quantitative estimate of drug-likeness (QED) is 0.553. The molecule has 1 heterocycles. The lowest BCUT2D eigenvalue weighted by atomic mass is 9.84. The van der Waals surface area contributed by atoms with Crippen LogP contribution in [-0.4, -0.2) is 87.0 Å². The number of carbonyl (C=O) groups excluding carboxylic acids is 1. The highest BCUT2D eigenvalue weighted by molar-refractivity contribution is 5.85. The Morgan fingerprint density at radius 1 is 1.23 bits per heavy atom. The maximum Gasteiger partial charge on any atom is 0.230 e. The van der Waals surface area contributed by atoms with E-state index in [-0.39, 0.29) is 11.3 Å². The predicted molar refractivity (Wildman–Crippen MR) is 108 cm³/mol. The largest absolute Gasteiger partial charge is 0.355 e. The Kier molecular flexibility index (Phi) is 7.74. The number of hydrogen-bond acceptors (Lipinski definition) is 3. The molecule has 0 radical (unpaired) electrons. The summed E-state index contributed by atoms with van der Waals surface area (Å²) in [5.74, 6) is 1.93. The van der Waals surface area contributed by atoms with Crippen molar-refractivity contribution >= 4 is 11.9 Å². The van der Waals surface area contributed by atoms with Crippen LogP contribution in [0.5, 0.6) is 0 Å². The van der Waals surface area contributed by atoms with Gasteiger partial charge in [0.2, 0.25) is 5.91 Å². The molecule has 6 nitrogen and oxygen atoms in total. The molecule has 0 bridgehead atoms. The smallest absolute Gasteiger partial charge is 0.230 e. The number of carbonyl (C=O) groups is 1. The molecule has 1 saturated heterocycles. The van der Waals surface area contributed by atoms with Crippen molar-refractivity contribution in [2.24, 2.45) is 16.3 Å². The number of likely N-dealkylation sites (tertiary alicyclic amines) is 1. The second-order valence-electron chi connectivity index (χ2n) is 8.17. The van der Waals surface area contributed by atoms with Crippen LogP contribution >= 0.6 is 0 Å². The van der Waals surface area contributed by atoms with Crippen molar-refractivity contribution in [3.63, 3.8) is 0 Å². The van der Waals surface area contributed by atoms with Gasteiger partial charge < -0.3 is 20.0 Å². The molecular weight excluding hydrogens is 326 g/mol. The number of nitrogens with zero attached hydrogens (tertiary/aromatic N) is 4. The number of guanidine groups is 1. The van der Waals surface area contributed by atoms with Gasteiger partial charge in [0, 0.05) is 47.3 Å². The SMILES string of the molecule is CCN(CC)CC1CCN(C(=NC)NCC2(C(=O)N(C)C)CCCC2)C1. The van der Waals surface area contributed by atoms with Crippen molar-refractivity contribution in [2.75, 3.05) is 60.4 Å². The zero-order chi connectivity index (χ0) is 19.2. The Morgan fingerprint density at radius 2 is 1.88 bits per heavy atom. The van der Waals surface area contributed by atoms with Gasteiger partial charge in [-0.3, -0.25) is 9.79 Å². The van der Waals surface area contributed by atoms with E-state index in [9.17, 15) is 4.79 Å². The monoisotopic (exact) mass is 365 g/mol. The Morgan fingerprint density at radius 3 is 2.42 bits per heavy atom. The maximum absolute atomic E-state index is 12.8. The zero-order valence-electron chi connectivity index (χ0n) is 17.6. The van der Waals surface area contributed by atoms with Crippen molar-refractivity contribution in [1.29, 1.82) is 0 Å². The Balaban J connectivity index is 1.92. The number of aliphatic imine (C=N–C) groups is 1. The van der Waals surface area contributed by atoms with Crippen LogP contribution in [0.4, 0.5) is 0 Å². The molecule has 0 aromatic carbocycles. The number of nitrogens with one attached hydrogen (secondary N) is 1. The van der Waals surface area contributed by atoms with E-state index in [0.29, 0.717) is 12.5 Å². The van der Waals surface area contributed by atoms with Crippen molar-refractivity contribution in [1.82, 2.24) is 20.0 Å². The molecule has 2 rings (SSSR count). The van der Waals surface area contributed by atoms with Gasteiger partial charge in [0.1, 0.15) is 0 Å². The van der Waals surface area contributed by atoms with Gasteiger partial charge in [-0.05, 0) is 38.3 Å². The van der Waals surface area contributed by atoms with E-state index in [1.54, 1.807) is 4.90 Å². The molecule has 1 N–H and O–H groups in total. The molecular formula is C20H39N5O. The van der Waals surface area contributed by atoms with Crippen LogP contribution in [0, 0.1) is 11.3 Å². The van der Waals surface area contributed by atoms with Gasteiger partial charge in [-0.2, -0.15) is 0 Å². The van der Waals surface area contributed by atoms with Gasteiger partial charge in [-0.15, -0.1) is 0 Å². The molecule has 0 aromatic rings. The minimum atomic E-state index is -0.250. The van der Waals surface area contributed by atoms with Crippen LogP contribution in [0.15, 0.2) is 4.99 Å². The van der Waals surface area contributed by atoms with E-state index in [4.69, 9.17) is 0 Å². The third-order valence-corrected chi connectivity index (χ3v) is 6.21. The molecule has 26 heavy (non-hydrogen) atoms. The highest BCUT2D eigenvalue weighted by Gasteiger charge is 2.42. The second kappa shape index (κ2) is 9.58. The van der Waals surface area contributed by atoms with E-state index in [1.807, 2.05) is 21.1 Å². The fourth-order valence-electron chi connectivity index (χ4n) is 4.59. The Hall–Kier alpha value is -1.30. The number of hydrogen-bond donors (Lipinski definition) is 1. The van der Waals surface area contributed by atoms with E-state index >= 15 is 0 Å². The average Bonchev–Trinajstić information content (AvgIpc) is 3.30. The number of rotatable bonds is 7. The standard InChI is InChI=1S/C20H39N5O/c1-6-24(7-2)14-17-10-13-25(15-17)19(21-3)22-16-20(11-8-9-12-20)18(26)23(4)5/h17H,6-16H2,1-5H3,(H,21,22). The second-order valence-corrected chi connectivity index (χ2v) is 8.17. The summed E-state index contributed by atoms with van der Waals surface area (Å²) in [5.41, 5.74) is -0.250. The summed E-state index contributed by atoms with van der Waals surface area (Å²) in [6.07, 6.45) is 5.49. The van der Waals surface area contributed by atoms with Gasteiger partial charge in [-0.25, -0.2) is 0 Å². The molecule has 1 atom stereocenters. The summed E-state index contributed by atoms with van der Waals surface area (Å²) in [4.78, 5) is 23.9. The predicted octanol–water partition coefficient (Wildman–Crippen LogP) is 1.87. The van der Waals surface area contributed by atoms with Gasteiger partial charge in [0.05, 0.1) is 5.41 Å². The zero-order valence-corrected chi connectivity index (χ0v) is 17.6. The highest BCUT2D eigenvalue weighted by Crippen LogP contribution is 2.39.